The molecular weight excluding hydrogens is 228 g/mol. The van der Waals surface area contributed by atoms with Gasteiger partial charge >= 0.3 is 0 Å². The number of hydrogen-bond donors (Lipinski definition) is 2. The fourth-order valence-electron chi connectivity index (χ4n) is 3.09. The number of hydrogen-bond acceptors (Lipinski definition) is 3. The average molecular weight is 254 g/mol. The normalized spacial score (nSPS) is 37.2. The predicted molar refractivity (Wildman–Crippen MR) is 71.3 cm³/mol. The molecule has 2 rings (SSSR count). The number of carbonyl (C=O) groups is 1. The maximum atomic E-state index is 12.3. The van der Waals surface area contributed by atoms with Crippen molar-refractivity contribution < 1.29 is 9.53 Å². The average Bonchev–Trinajstić information content (AvgIpc) is 2.76. The number of likely N-dealkylation sites (N-methyl/N-ethyl adjacent to an activating group) is 1. The van der Waals surface area contributed by atoms with Gasteiger partial charge in [-0.15, -0.1) is 0 Å². The number of nitrogens with one attached hydrogen (secondary N) is 2. The molecule has 0 aromatic rings. The molecule has 0 radical (unpaired) electrons. The zero-order valence-electron chi connectivity index (χ0n) is 11.6. The topological polar surface area (TPSA) is 50.4 Å². The maximum Gasteiger partial charge on any atom is 0.227 e. The number of ether oxygens (including phenoxy) is 1. The lowest BCUT2D eigenvalue weighted by atomic mass is 9.95. The smallest absolute Gasteiger partial charge is 0.227 e. The highest BCUT2D eigenvalue weighted by molar-refractivity contribution is 5.80. The minimum Gasteiger partial charge on any atom is -0.379 e. The molecule has 0 spiro atoms. The predicted octanol–water partition coefficient (Wildman–Crippen LogP) is 1.31. The highest BCUT2D eigenvalue weighted by Crippen LogP contribution is 2.24. The third-order valence-electron chi connectivity index (χ3n) is 4.48. The second-order valence-corrected chi connectivity index (χ2v) is 5.77. The Morgan fingerprint density at radius 3 is 2.67 bits per heavy atom. The molecule has 18 heavy (non-hydrogen) atoms. The Kier molecular flexibility index (Phi) is 5.01. The molecule has 0 bridgehead atoms. The van der Waals surface area contributed by atoms with Gasteiger partial charge in [-0.2, -0.15) is 0 Å². The summed E-state index contributed by atoms with van der Waals surface area (Å²) in [6.45, 7) is 3.46. The van der Waals surface area contributed by atoms with E-state index < -0.39 is 0 Å². The lowest BCUT2D eigenvalue weighted by Crippen LogP contribution is -2.47. The molecule has 4 nitrogen and oxygen atoms in total. The van der Waals surface area contributed by atoms with Crippen LogP contribution < -0.4 is 10.6 Å². The summed E-state index contributed by atoms with van der Waals surface area (Å²) in [6, 6.07) is 0.532. The lowest BCUT2D eigenvalue weighted by Gasteiger charge is -2.25. The number of rotatable bonds is 3. The van der Waals surface area contributed by atoms with E-state index in [1.807, 2.05) is 7.05 Å². The quantitative estimate of drug-likeness (QED) is 0.747. The first kappa shape index (κ1) is 13.8. The van der Waals surface area contributed by atoms with Gasteiger partial charge in [-0.25, -0.2) is 0 Å². The molecule has 1 aliphatic carbocycles. The van der Waals surface area contributed by atoms with Crippen molar-refractivity contribution >= 4 is 5.91 Å². The van der Waals surface area contributed by atoms with Crippen molar-refractivity contribution in [2.45, 2.75) is 51.1 Å². The van der Waals surface area contributed by atoms with Crippen molar-refractivity contribution in [2.24, 2.45) is 11.8 Å². The van der Waals surface area contributed by atoms with Crippen molar-refractivity contribution in [2.75, 3.05) is 20.3 Å². The van der Waals surface area contributed by atoms with E-state index in [1.165, 1.54) is 25.7 Å². The van der Waals surface area contributed by atoms with Crippen LogP contribution in [0.25, 0.3) is 0 Å². The fraction of sp³-hybridized carbons (Fsp3) is 0.929. The van der Waals surface area contributed by atoms with Crippen LogP contribution in [0.2, 0.25) is 0 Å². The van der Waals surface area contributed by atoms with Crippen molar-refractivity contribution in [1.82, 2.24) is 10.6 Å². The van der Waals surface area contributed by atoms with Gasteiger partial charge in [0.05, 0.1) is 19.1 Å². The third-order valence-corrected chi connectivity index (χ3v) is 4.48. The van der Waals surface area contributed by atoms with Crippen LogP contribution in [0.5, 0.6) is 0 Å². The molecule has 2 N–H and O–H groups in total. The van der Waals surface area contributed by atoms with Crippen molar-refractivity contribution in [3.05, 3.63) is 0 Å². The van der Waals surface area contributed by atoms with Gasteiger partial charge < -0.3 is 15.4 Å². The van der Waals surface area contributed by atoms with Crippen LogP contribution in [0.1, 0.15) is 39.0 Å². The monoisotopic (exact) mass is 254 g/mol. The van der Waals surface area contributed by atoms with Crippen LogP contribution in [0.4, 0.5) is 0 Å². The second-order valence-electron chi connectivity index (χ2n) is 5.77. The molecule has 1 heterocycles. The molecule has 0 aromatic heterocycles. The Balaban J connectivity index is 1.89. The van der Waals surface area contributed by atoms with E-state index in [4.69, 9.17) is 4.74 Å². The van der Waals surface area contributed by atoms with Gasteiger partial charge in [0.2, 0.25) is 5.91 Å². The molecule has 0 aromatic carbocycles. The maximum absolute atomic E-state index is 12.3. The van der Waals surface area contributed by atoms with Gasteiger partial charge in [-0.05, 0) is 25.8 Å². The molecular formula is C14H26N2O2. The standard InChI is InChI=1S/C14H26N2O2/c1-10-6-4-3-5-7-12(10)16-14(17)11-8-18-9-13(11)15-2/h10-13,15H,3-9H2,1-2H3,(H,16,17). The van der Waals surface area contributed by atoms with E-state index in [0.29, 0.717) is 25.2 Å². The first-order valence-corrected chi connectivity index (χ1v) is 7.27. The van der Waals surface area contributed by atoms with Gasteiger partial charge in [-0.1, -0.05) is 26.2 Å². The van der Waals surface area contributed by atoms with Crippen LogP contribution >= 0.6 is 0 Å². The Labute approximate surface area is 110 Å². The van der Waals surface area contributed by atoms with E-state index in [9.17, 15) is 4.79 Å². The van der Waals surface area contributed by atoms with Gasteiger partial charge in [0.25, 0.3) is 0 Å². The molecule has 1 saturated heterocycles. The highest BCUT2D eigenvalue weighted by atomic mass is 16.5. The van der Waals surface area contributed by atoms with Crippen LogP contribution in [-0.2, 0) is 9.53 Å². The summed E-state index contributed by atoms with van der Waals surface area (Å²) in [5.74, 6) is 0.753. The van der Waals surface area contributed by atoms with Gasteiger partial charge in [0.1, 0.15) is 0 Å². The molecule has 2 aliphatic rings. The zero-order valence-corrected chi connectivity index (χ0v) is 11.6. The van der Waals surface area contributed by atoms with Crippen molar-refractivity contribution in [3.8, 4) is 0 Å². The molecule has 1 saturated carbocycles. The Morgan fingerprint density at radius 2 is 1.89 bits per heavy atom. The molecule has 104 valence electrons. The van der Waals surface area contributed by atoms with Crippen LogP contribution in [0, 0.1) is 11.8 Å². The largest absolute Gasteiger partial charge is 0.379 e. The van der Waals surface area contributed by atoms with Gasteiger partial charge in [0.15, 0.2) is 0 Å². The van der Waals surface area contributed by atoms with E-state index in [0.717, 1.165) is 6.42 Å². The summed E-state index contributed by atoms with van der Waals surface area (Å²) in [4.78, 5) is 12.3. The summed E-state index contributed by atoms with van der Waals surface area (Å²) >= 11 is 0. The molecule has 1 amide bonds. The summed E-state index contributed by atoms with van der Waals surface area (Å²) in [6.07, 6.45) is 6.22. The second kappa shape index (κ2) is 6.53. The van der Waals surface area contributed by atoms with E-state index in [-0.39, 0.29) is 17.9 Å². The van der Waals surface area contributed by atoms with Crippen LogP contribution in [-0.4, -0.2) is 38.3 Å². The van der Waals surface area contributed by atoms with Crippen molar-refractivity contribution in [1.29, 1.82) is 0 Å². The van der Waals surface area contributed by atoms with E-state index in [2.05, 4.69) is 17.6 Å². The SMILES string of the molecule is CNC1COCC1C(=O)NC1CCCCCC1C. The highest BCUT2D eigenvalue weighted by Gasteiger charge is 2.34. The van der Waals surface area contributed by atoms with Crippen molar-refractivity contribution in [3.63, 3.8) is 0 Å². The summed E-state index contributed by atoms with van der Waals surface area (Å²) in [5, 5.41) is 6.43. The molecule has 1 aliphatic heterocycles. The first-order chi connectivity index (χ1) is 8.72. The van der Waals surface area contributed by atoms with Crippen LogP contribution in [0.15, 0.2) is 0 Å². The minimum absolute atomic E-state index is 0.0227. The molecule has 4 unspecified atom stereocenters. The molecule has 4 atom stereocenters. The molecule has 2 fully saturated rings. The number of carbonyl (C=O) groups excluding carboxylic acids is 1. The Morgan fingerprint density at radius 1 is 1.11 bits per heavy atom. The van der Waals surface area contributed by atoms with E-state index in [1.54, 1.807) is 0 Å². The summed E-state index contributed by atoms with van der Waals surface area (Å²) in [7, 11) is 1.90. The van der Waals surface area contributed by atoms with Crippen LogP contribution in [0.3, 0.4) is 0 Å². The fourth-order valence-corrected chi connectivity index (χ4v) is 3.09. The molecule has 4 heteroatoms. The van der Waals surface area contributed by atoms with Gasteiger partial charge in [0, 0.05) is 12.1 Å². The number of amides is 1. The third kappa shape index (κ3) is 3.23. The minimum atomic E-state index is -0.0227. The van der Waals surface area contributed by atoms with E-state index >= 15 is 0 Å². The summed E-state index contributed by atoms with van der Waals surface area (Å²) < 4.78 is 5.40. The summed E-state index contributed by atoms with van der Waals surface area (Å²) in [5.41, 5.74) is 0. The Hall–Kier alpha value is -0.610. The van der Waals surface area contributed by atoms with Gasteiger partial charge in [-0.3, -0.25) is 4.79 Å². The lowest BCUT2D eigenvalue weighted by molar-refractivity contribution is -0.126. The zero-order chi connectivity index (χ0) is 13.0. The first-order valence-electron chi connectivity index (χ1n) is 7.27. The Bertz CT molecular complexity index is 283.